The van der Waals surface area contributed by atoms with Crippen LogP contribution in [0, 0.1) is 5.92 Å². The van der Waals surface area contributed by atoms with E-state index in [-0.39, 0.29) is 5.97 Å². The molecule has 4 rings (SSSR count). The smallest absolute Gasteiger partial charge is 0.338 e. The predicted molar refractivity (Wildman–Crippen MR) is 145 cm³/mol. The van der Waals surface area contributed by atoms with Gasteiger partial charge in [0, 0.05) is 25.7 Å². The van der Waals surface area contributed by atoms with Crippen LogP contribution >= 0.6 is 0 Å². The summed E-state index contributed by atoms with van der Waals surface area (Å²) in [6.07, 6.45) is 9.88. The third-order valence-corrected chi connectivity index (χ3v) is 7.32. The topological polar surface area (TPSA) is 79.8 Å². The third-order valence-electron chi connectivity index (χ3n) is 7.32. The summed E-state index contributed by atoms with van der Waals surface area (Å²) in [7, 11) is 3.71. The van der Waals surface area contributed by atoms with E-state index in [0.717, 1.165) is 37.3 Å². The van der Waals surface area contributed by atoms with Crippen molar-refractivity contribution in [1.82, 2.24) is 9.97 Å². The fourth-order valence-electron chi connectivity index (χ4n) is 5.32. The van der Waals surface area contributed by atoms with E-state index in [1.807, 2.05) is 12.3 Å². The summed E-state index contributed by atoms with van der Waals surface area (Å²) in [6, 6.07) is 6.25. The lowest BCUT2D eigenvalue weighted by atomic mass is 10.0. The summed E-state index contributed by atoms with van der Waals surface area (Å²) in [4.78, 5) is 26.9. The van der Waals surface area contributed by atoms with Gasteiger partial charge in [0.05, 0.1) is 36.9 Å². The minimum absolute atomic E-state index is 0.338. The van der Waals surface area contributed by atoms with Gasteiger partial charge in [-0.2, -0.15) is 4.98 Å². The fourth-order valence-corrected chi connectivity index (χ4v) is 5.32. The highest BCUT2D eigenvalue weighted by atomic mass is 16.5. The second-order valence-corrected chi connectivity index (χ2v) is 10.4. The van der Waals surface area contributed by atoms with Crippen LogP contribution in [0.3, 0.4) is 0 Å². The highest BCUT2D eigenvalue weighted by Gasteiger charge is 2.36. The number of hydrogen-bond acceptors (Lipinski definition) is 8. The molecule has 1 saturated carbocycles. The van der Waals surface area contributed by atoms with Gasteiger partial charge < -0.3 is 24.6 Å². The number of benzene rings is 1. The molecular weight excluding hydrogens is 454 g/mol. The molecule has 196 valence electrons. The quantitative estimate of drug-likeness (QED) is 0.327. The number of nitrogens with zero attached hydrogens (tertiary/aromatic N) is 4. The molecule has 0 spiro atoms. The first-order chi connectivity index (χ1) is 17.4. The SMILES string of the molecule is CC[C@@H]1CN(C)c2cnc(Nc3ccc(C(=O)OCCCC(C)C)cc3OC)nc2N1C1CCCC1. The highest BCUT2D eigenvalue weighted by molar-refractivity contribution is 5.91. The number of nitrogens with one attached hydrogen (secondary N) is 1. The predicted octanol–water partition coefficient (Wildman–Crippen LogP) is 5.80. The van der Waals surface area contributed by atoms with Crippen molar-refractivity contribution in [2.75, 3.05) is 42.4 Å². The van der Waals surface area contributed by atoms with Crippen LogP contribution < -0.4 is 19.9 Å². The molecule has 0 amide bonds. The number of rotatable bonds is 10. The second kappa shape index (κ2) is 11.8. The molecule has 8 nitrogen and oxygen atoms in total. The van der Waals surface area contributed by atoms with Crippen molar-refractivity contribution < 1.29 is 14.3 Å². The summed E-state index contributed by atoms with van der Waals surface area (Å²) in [5, 5.41) is 3.32. The summed E-state index contributed by atoms with van der Waals surface area (Å²) >= 11 is 0. The molecule has 2 heterocycles. The molecule has 0 radical (unpaired) electrons. The molecule has 0 bridgehead atoms. The zero-order valence-corrected chi connectivity index (χ0v) is 22.4. The molecule has 1 N–H and O–H groups in total. The number of ether oxygens (including phenoxy) is 2. The molecule has 1 atom stereocenters. The molecular formula is C28H41N5O3. The van der Waals surface area contributed by atoms with Crippen molar-refractivity contribution in [3.63, 3.8) is 0 Å². The first-order valence-corrected chi connectivity index (χ1v) is 13.4. The number of fused-ring (bicyclic) bond motifs is 1. The zero-order chi connectivity index (χ0) is 25.7. The van der Waals surface area contributed by atoms with Gasteiger partial charge in [0.2, 0.25) is 5.95 Å². The van der Waals surface area contributed by atoms with Crippen LogP contribution in [-0.2, 0) is 4.74 Å². The summed E-state index contributed by atoms with van der Waals surface area (Å²) < 4.78 is 11.0. The lowest BCUT2D eigenvalue weighted by Crippen LogP contribution is -2.52. The normalized spacial score (nSPS) is 17.9. The van der Waals surface area contributed by atoms with Gasteiger partial charge in [-0.1, -0.05) is 33.6 Å². The Hall–Kier alpha value is -3.03. The third kappa shape index (κ3) is 5.85. The van der Waals surface area contributed by atoms with Gasteiger partial charge in [0.25, 0.3) is 0 Å². The fraction of sp³-hybridized carbons (Fsp3) is 0.607. The van der Waals surface area contributed by atoms with Crippen molar-refractivity contribution in [3.05, 3.63) is 30.0 Å². The Morgan fingerprint density at radius 3 is 2.72 bits per heavy atom. The number of carbonyl (C=O) groups excluding carboxylic acids is 1. The lowest BCUT2D eigenvalue weighted by Gasteiger charge is -2.45. The maximum atomic E-state index is 12.5. The average molecular weight is 496 g/mol. The van der Waals surface area contributed by atoms with Crippen LogP contribution in [0.2, 0.25) is 0 Å². The minimum Gasteiger partial charge on any atom is -0.495 e. The largest absolute Gasteiger partial charge is 0.495 e. The van der Waals surface area contributed by atoms with E-state index in [1.54, 1.807) is 19.2 Å². The number of aromatic nitrogens is 2. The standard InChI is InChI=1S/C28H41N5O3/c1-6-21-18-32(4)24-17-29-28(31-26(24)33(21)22-11-7-8-12-22)30-23-14-13-20(16-25(23)35-5)27(34)36-15-9-10-19(2)3/h13-14,16-17,19,21-22H,6-12,15,18H2,1-5H3,(H,29,30,31)/t21-/m1/s1. The number of anilines is 4. The molecule has 36 heavy (non-hydrogen) atoms. The Morgan fingerprint density at radius 1 is 1.25 bits per heavy atom. The zero-order valence-electron chi connectivity index (χ0n) is 22.4. The molecule has 0 unspecified atom stereocenters. The van der Waals surface area contributed by atoms with Crippen molar-refractivity contribution in [1.29, 1.82) is 0 Å². The van der Waals surface area contributed by atoms with E-state index in [4.69, 9.17) is 14.5 Å². The molecule has 1 aromatic carbocycles. The van der Waals surface area contributed by atoms with Crippen LogP contribution in [0.4, 0.5) is 23.1 Å². The Kier molecular flexibility index (Phi) is 8.54. The van der Waals surface area contributed by atoms with E-state index in [1.165, 1.54) is 25.7 Å². The Morgan fingerprint density at radius 2 is 2.03 bits per heavy atom. The van der Waals surface area contributed by atoms with Gasteiger partial charge in [-0.05, 0) is 56.2 Å². The van der Waals surface area contributed by atoms with Gasteiger partial charge in [-0.3, -0.25) is 0 Å². The van der Waals surface area contributed by atoms with Gasteiger partial charge in [-0.15, -0.1) is 0 Å². The Bertz CT molecular complexity index is 1040. The highest BCUT2D eigenvalue weighted by Crippen LogP contribution is 2.39. The Labute approximate surface area is 215 Å². The van der Waals surface area contributed by atoms with Crippen molar-refractivity contribution >= 4 is 29.1 Å². The second-order valence-electron chi connectivity index (χ2n) is 10.4. The van der Waals surface area contributed by atoms with Crippen molar-refractivity contribution in [2.24, 2.45) is 5.92 Å². The van der Waals surface area contributed by atoms with Gasteiger partial charge >= 0.3 is 5.97 Å². The van der Waals surface area contributed by atoms with Crippen LogP contribution in [0.15, 0.2) is 24.4 Å². The van der Waals surface area contributed by atoms with Crippen LogP contribution in [-0.4, -0.2) is 55.3 Å². The van der Waals surface area contributed by atoms with E-state index >= 15 is 0 Å². The Balaban J connectivity index is 1.53. The summed E-state index contributed by atoms with van der Waals surface area (Å²) in [5.74, 6) is 2.32. The maximum absolute atomic E-state index is 12.5. The molecule has 2 aliphatic rings. The molecule has 1 aromatic heterocycles. The number of esters is 1. The van der Waals surface area contributed by atoms with E-state index in [9.17, 15) is 4.79 Å². The summed E-state index contributed by atoms with van der Waals surface area (Å²) in [5.41, 5.74) is 2.24. The number of carbonyl (C=O) groups is 1. The maximum Gasteiger partial charge on any atom is 0.338 e. The lowest BCUT2D eigenvalue weighted by molar-refractivity contribution is 0.0494. The first kappa shape index (κ1) is 26.0. The molecule has 8 heteroatoms. The van der Waals surface area contributed by atoms with Crippen LogP contribution in [0.1, 0.15) is 76.1 Å². The number of hydrogen-bond donors (Lipinski definition) is 1. The van der Waals surface area contributed by atoms with E-state index in [0.29, 0.717) is 47.6 Å². The van der Waals surface area contributed by atoms with Gasteiger partial charge in [0.15, 0.2) is 5.82 Å². The van der Waals surface area contributed by atoms with E-state index < -0.39 is 0 Å². The monoisotopic (exact) mass is 495 g/mol. The molecule has 1 fully saturated rings. The molecule has 1 aliphatic carbocycles. The molecule has 2 aromatic rings. The molecule has 0 saturated heterocycles. The first-order valence-electron chi connectivity index (χ1n) is 13.4. The van der Waals surface area contributed by atoms with Crippen molar-refractivity contribution in [3.8, 4) is 5.75 Å². The van der Waals surface area contributed by atoms with Gasteiger partial charge in [0.1, 0.15) is 5.75 Å². The van der Waals surface area contributed by atoms with Crippen LogP contribution in [0.5, 0.6) is 5.75 Å². The number of likely N-dealkylation sites (N-methyl/N-ethyl adjacent to an activating group) is 1. The molecule has 1 aliphatic heterocycles. The number of methoxy groups -OCH3 is 1. The summed E-state index contributed by atoms with van der Waals surface area (Å²) in [6.45, 7) is 7.99. The van der Waals surface area contributed by atoms with Crippen LogP contribution in [0.25, 0.3) is 0 Å². The average Bonchev–Trinajstić information content (AvgIpc) is 3.40. The van der Waals surface area contributed by atoms with Crippen molar-refractivity contribution in [2.45, 2.75) is 77.8 Å². The minimum atomic E-state index is -0.338. The van der Waals surface area contributed by atoms with E-state index in [2.05, 4.69) is 47.9 Å². The van der Waals surface area contributed by atoms with Gasteiger partial charge in [-0.25, -0.2) is 9.78 Å².